The molecule has 0 radical (unpaired) electrons. The first-order valence-electron chi connectivity index (χ1n) is 9.39. The van der Waals surface area contributed by atoms with Crippen molar-refractivity contribution in [2.45, 2.75) is 38.1 Å². The first-order valence-corrected chi connectivity index (χ1v) is 9.39. The highest BCUT2D eigenvalue weighted by Gasteiger charge is 2.59. The molecule has 2 aliphatic rings. The second-order valence-electron chi connectivity index (χ2n) is 7.13. The van der Waals surface area contributed by atoms with Gasteiger partial charge in [-0.25, -0.2) is 9.96 Å². The van der Waals surface area contributed by atoms with Gasteiger partial charge in [0.1, 0.15) is 0 Å². The summed E-state index contributed by atoms with van der Waals surface area (Å²) in [5, 5.41) is 1.60. The number of carbonyl (C=O) groups is 2. The highest BCUT2D eigenvalue weighted by Crippen LogP contribution is 2.42. The van der Waals surface area contributed by atoms with Crippen LogP contribution in [0.4, 0.5) is 24.5 Å². The molecule has 29 heavy (non-hydrogen) atoms. The Kier molecular flexibility index (Phi) is 4.82. The molecule has 8 heteroatoms. The lowest BCUT2D eigenvalue weighted by molar-refractivity contribution is -0.137. The molecule has 2 fully saturated rings. The van der Waals surface area contributed by atoms with Gasteiger partial charge in [-0.1, -0.05) is 37.6 Å². The minimum absolute atomic E-state index is 0.0886. The average Bonchev–Trinajstić information content (AvgIpc) is 3.18. The van der Waals surface area contributed by atoms with Crippen LogP contribution in [0.25, 0.3) is 0 Å². The summed E-state index contributed by atoms with van der Waals surface area (Å²) in [6.07, 6.45) is -4.26. The maximum Gasteiger partial charge on any atom is 0.416 e. The van der Waals surface area contributed by atoms with Gasteiger partial charge in [-0.3, -0.25) is 14.4 Å². The van der Waals surface area contributed by atoms with E-state index in [0.717, 1.165) is 29.1 Å². The number of fused-ring (bicyclic) bond motifs is 1. The van der Waals surface area contributed by atoms with Crippen LogP contribution in [0.5, 0.6) is 0 Å². The Morgan fingerprint density at radius 3 is 2.31 bits per heavy atom. The monoisotopic (exact) mass is 404 g/mol. The molecule has 0 saturated carbocycles. The molecule has 4 rings (SSSR count). The van der Waals surface area contributed by atoms with E-state index in [4.69, 9.17) is 4.84 Å². The molecule has 0 spiro atoms. The molecule has 152 valence electrons. The number of hydroxylamine groups is 1. The number of benzene rings is 2. The van der Waals surface area contributed by atoms with E-state index in [0.29, 0.717) is 6.42 Å². The van der Waals surface area contributed by atoms with Crippen molar-refractivity contribution < 1.29 is 27.6 Å². The Hall–Kier alpha value is -2.87. The van der Waals surface area contributed by atoms with Crippen LogP contribution in [0.2, 0.25) is 0 Å². The third-order valence-corrected chi connectivity index (χ3v) is 5.27. The van der Waals surface area contributed by atoms with Crippen LogP contribution >= 0.6 is 0 Å². The molecule has 0 aliphatic carbocycles. The van der Waals surface area contributed by atoms with Crippen molar-refractivity contribution in [2.75, 3.05) is 9.96 Å². The number of hydrogen-bond donors (Lipinski definition) is 0. The standard InChI is InChI=1S/C21H19F3N2O3/c1-2-7-16-17-18(29-26(16)14-9-4-3-5-10-14)20(28)25(19(17)27)15-11-6-8-13(12-15)21(22,23)24/h3-6,8-12,16-18H,2,7H2,1H3/t16-,17+,18-/m1/s1. The molecule has 2 aromatic rings. The third kappa shape index (κ3) is 3.27. The lowest BCUT2D eigenvalue weighted by Gasteiger charge is -2.28. The number of hydrogen-bond acceptors (Lipinski definition) is 4. The van der Waals surface area contributed by atoms with E-state index in [9.17, 15) is 22.8 Å². The number of alkyl halides is 3. The third-order valence-electron chi connectivity index (χ3n) is 5.27. The van der Waals surface area contributed by atoms with Crippen LogP contribution in [-0.2, 0) is 20.6 Å². The molecule has 2 heterocycles. The molecule has 2 aromatic carbocycles. The summed E-state index contributed by atoms with van der Waals surface area (Å²) in [6.45, 7) is 1.96. The van der Waals surface area contributed by atoms with E-state index < -0.39 is 35.6 Å². The van der Waals surface area contributed by atoms with Crippen LogP contribution in [0, 0.1) is 5.92 Å². The van der Waals surface area contributed by atoms with Crippen molar-refractivity contribution in [3.05, 3.63) is 60.2 Å². The summed E-state index contributed by atoms with van der Waals surface area (Å²) in [5.41, 5.74) is -0.273. The van der Waals surface area contributed by atoms with Gasteiger partial charge in [0, 0.05) is 0 Å². The van der Waals surface area contributed by atoms with Gasteiger partial charge in [-0.2, -0.15) is 13.2 Å². The fourth-order valence-electron chi connectivity index (χ4n) is 3.99. The Balaban J connectivity index is 1.68. The SMILES string of the molecule is CCC[C@@H]1[C@@H]2C(=O)N(c3cccc(C(F)(F)F)c3)C(=O)[C@@H]2ON1c1ccccc1. The van der Waals surface area contributed by atoms with E-state index in [1.165, 1.54) is 12.1 Å². The minimum atomic E-state index is -4.57. The summed E-state index contributed by atoms with van der Waals surface area (Å²) in [4.78, 5) is 32.8. The van der Waals surface area contributed by atoms with Gasteiger partial charge < -0.3 is 0 Å². The zero-order chi connectivity index (χ0) is 20.8. The largest absolute Gasteiger partial charge is 0.416 e. The van der Waals surface area contributed by atoms with Gasteiger partial charge in [-0.05, 0) is 36.8 Å². The summed E-state index contributed by atoms with van der Waals surface area (Å²) < 4.78 is 39.2. The minimum Gasteiger partial charge on any atom is -0.273 e. The van der Waals surface area contributed by atoms with Gasteiger partial charge in [0.15, 0.2) is 6.10 Å². The molecular weight excluding hydrogens is 385 g/mol. The number of nitrogens with zero attached hydrogens (tertiary/aromatic N) is 2. The smallest absolute Gasteiger partial charge is 0.273 e. The molecule has 0 bridgehead atoms. The van der Waals surface area contributed by atoms with E-state index in [2.05, 4.69) is 0 Å². The zero-order valence-electron chi connectivity index (χ0n) is 15.6. The van der Waals surface area contributed by atoms with Crippen molar-refractivity contribution >= 4 is 23.2 Å². The summed E-state index contributed by atoms with van der Waals surface area (Å²) in [7, 11) is 0. The number of amides is 2. The van der Waals surface area contributed by atoms with Crippen molar-refractivity contribution in [3.8, 4) is 0 Å². The molecule has 2 amide bonds. The predicted molar refractivity (Wildman–Crippen MR) is 99.9 cm³/mol. The van der Waals surface area contributed by atoms with Crippen molar-refractivity contribution in [1.82, 2.24) is 0 Å². The molecule has 0 unspecified atom stereocenters. The fraction of sp³-hybridized carbons (Fsp3) is 0.333. The Bertz CT molecular complexity index is 932. The van der Waals surface area contributed by atoms with E-state index in [-0.39, 0.29) is 11.7 Å². The second kappa shape index (κ2) is 7.18. The topological polar surface area (TPSA) is 49.9 Å². The number of halogens is 3. The summed E-state index contributed by atoms with van der Waals surface area (Å²) in [6, 6.07) is 13.0. The average molecular weight is 404 g/mol. The van der Waals surface area contributed by atoms with E-state index >= 15 is 0 Å². The highest BCUT2D eigenvalue weighted by atomic mass is 19.4. The van der Waals surface area contributed by atoms with Gasteiger partial charge >= 0.3 is 6.18 Å². The number of carbonyl (C=O) groups excluding carboxylic acids is 2. The first kappa shape index (κ1) is 19.4. The predicted octanol–water partition coefficient (Wildman–Crippen LogP) is 4.18. The van der Waals surface area contributed by atoms with Crippen LogP contribution in [-0.4, -0.2) is 24.0 Å². The quantitative estimate of drug-likeness (QED) is 0.718. The molecular formula is C21H19F3N2O3. The van der Waals surface area contributed by atoms with E-state index in [1.54, 1.807) is 5.06 Å². The van der Waals surface area contributed by atoms with Crippen molar-refractivity contribution in [3.63, 3.8) is 0 Å². The molecule has 3 atom stereocenters. The summed E-state index contributed by atoms with van der Waals surface area (Å²) in [5.74, 6) is -1.94. The second-order valence-corrected chi connectivity index (χ2v) is 7.13. The summed E-state index contributed by atoms with van der Waals surface area (Å²) >= 11 is 0. The van der Waals surface area contributed by atoms with Gasteiger partial charge in [0.25, 0.3) is 5.91 Å². The molecule has 0 N–H and O–H groups in total. The lowest BCUT2D eigenvalue weighted by Crippen LogP contribution is -2.40. The van der Waals surface area contributed by atoms with Crippen LogP contribution in [0.15, 0.2) is 54.6 Å². The van der Waals surface area contributed by atoms with Crippen LogP contribution < -0.4 is 9.96 Å². The van der Waals surface area contributed by atoms with Crippen LogP contribution in [0.1, 0.15) is 25.3 Å². The number of imide groups is 1. The van der Waals surface area contributed by atoms with Crippen molar-refractivity contribution in [2.24, 2.45) is 5.92 Å². The van der Waals surface area contributed by atoms with Gasteiger partial charge in [0.2, 0.25) is 5.91 Å². The Labute approximate surface area is 165 Å². The molecule has 2 saturated heterocycles. The molecule has 2 aliphatic heterocycles. The first-order chi connectivity index (χ1) is 13.8. The van der Waals surface area contributed by atoms with Gasteiger partial charge in [-0.15, -0.1) is 0 Å². The normalized spacial score (nSPS) is 24.3. The maximum atomic E-state index is 13.1. The number of rotatable bonds is 4. The highest BCUT2D eigenvalue weighted by molar-refractivity contribution is 6.23. The Morgan fingerprint density at radius 2 is 1.66 bits per heavy atom. The van der Waals surface area contributed by atoms with Crippen LogP contribution in [0.3, 0.4) is 0 Å². The van der Waals surface area contributed by atoms with E-state index in [1.807, 2.05) is 37.3 Å². The zero-order valence-corrected chi connectivity index (χ0v) is 15.6. The fourth-order valence-corrected chi connectivity index (χ4v) is 3.99. The van der Waals surface area contributed by atoms with Gasteiger partial charge in [0.05, 0.1) is 28.9 Å². The molecule has 5 nitrogen and oxygen atoms in total. The maximum absolute atomic E-state index is 13.1. The number of para-hydroxylation sites is 1. The molecule has 0 aromatic heterocycles. The number of anilines is 2. The van der Waals surface area contributed by atoms with Crippen molar-refractivity contribution in [1.29, 1.82) is 0 Å². The Morgan fingerprint density at radius 1 is 0.966 bits per heavy atom. The lowest BCUT2D eigenvalue weighted by atomic mass is 9.93.